The fraction of sp³-hybridized carbons (Fsp3) is 0.833. The average Bonchev–Trinajstić information content (AvgIpc) is 2.20. The lowest BCUT2D eigenvalue weighted by molar-refractivity contribution is -0.141. The monoisotopic (exact) mass is 261 g/mol. The molecule has 0 spiro atoms. The van der Waals surface area contributed by atoms with Crippen LogP contribution in [0.3, 0.4) is 0 Å². The Balaban J connectivity index is 3.80. The molecule has 0 aromatic heterocycles. The fourth-order valence-electron chi connectivity index (χ4n) is 1.18. The van der Waals surface area contributed by atoms with Crippen LogP contribution in [0.4, 0.5) is 4.79 Å². The minimum absolute atomic E-state index is 0.0568. The van der Waals surface area contributed by atoms with E-state index in [1.807, 2.05) is 0 Å². The lowest BCUT2D eigenvalue weighted by atomic mass is 10.0. The number of aliphatic hydroxyl groups excluding tert-OH is 1. The van der Waals surface area contributed by atoms with Gasteiger partial charge in [0.1, 0.15) is 5.60 Å². The van der Waals surface area contributed by atoms with Gasteiger partial charge in [-0.3, -0.25) is 4.79 Å². The molecule has 0 aromatic carbocycles. The second-order valence-corrected chi connectivity index (χ2v) is 5.35. The summed E-state index contributed by atoms with van der Waals surface area (Å²) in [6, 6.07) is 0. The van der Waals surface area contributed by atoms with Gasteiger partial charge in [-0.15, -0.1) is 0 Å². The second kappa shape index (κ2) is 7.20. The summed E-state index contributed by atoms with van der Waals surface area (Å²) in [5, 5.41) is 20.7. The molecule has 0 rings (SSSR count). The van der Waals surface area contributed by atoms with Gasteiger partial charge >= 0.3 is 12.1 Å². The van der Waals surface area contributed by atoms with E-state index in [1.54, 1.807) is 27.7 Å². The zero-order valence-corrected chi connectivity index (χ0v) is 11.4. The predicted molar refractivity (Wildman–Crippen MR) is 66.3 cm³/mol. The van der Waals surface area contributed by atoms with Gasteiger partial charge in [0.05, 0.1) is 12.0 Å². The molecule has 0 aromatic rings. The summed E-state index contributed by atoms with van der Waals surface area (Å²) in [5.74, 6) is -1.39. The highest BCUT2D eigenvalue weighted by atomic mass is 16.6. The quantitative estimate of drug-likeness (QED) is 0.671. The highest BCUT2D eigenvalue weighted by Gasteiger charge is 2.17. The van der Waals surface area contributed by atoms with E-state index in [0.29, 0.717) is 12.8 Å². The van der Waals surface area contributed by atoms with Gasteiger partial charge < -0.3 is 20.3 Å². The van der Waals surface area contributed by atoms with Crippen molar-refractivity contribution < 1.29 is 24.5 Å². The van der Waals surface area contributed by atoms with Crippen LogP contribution in [0.5, 0.6) is 0 Å². The van der Waals surface area contributed by atoms with Gasteiger partial charge in [0, 0.05) is 6.54 Å². The van der Waals surface area contributed by atoms with E-state index < -0.39 is 29.7 Å². The SMILES string of the molecule is C[C@@H](CC[C@@H](O)CNC(=O)OC(C)(C)C)C(=O)O. The molecule has 0 aliphatic heterocycles. The lowest BCUT2D eigenvalue weighted by Crippen LogP contribution is -2.37. The van der Waals surface area contributed by atoms with Crippen LogP contribution in [-0.2, 0) is 9.53 Å². The van der Waals surface area contributed by atoms with Gasteiger partial charge in [-0.05, 0) is 33.6 Å². The molecule has 3 N–H and O–H groups in total. The first-order valence-electron chi connectivity index (χ1n) is 5.99. The summed E-state index contributed by atoms with van der Waals surface area (Å²) in [4.78, 5) is 21.8. The first kappa shape index (κ1) is 16.7. The van der Waals surface area contributed by atoms with Crippen LogP contribution >= 0.6 is 0 Å². The number of aliphatic hydroxyl groups is 1. The average molecular weight is 261 g/mol. The summed E-state index contributed by atoms with van der Waals surface area (Å²) >= 11 is 0. The topological polar surface area (TPSA) is 95.9 Å². The van der Waals surface area contributed by atoms with E-state index in [0.717, 1.165) is 0 Å². The van der Waals surface area contributed by atoms with E-state index in [-0.39, 0.29) is 6.54 Å². The van der Waals surface area contributed by atoms with Crippen LogP contribution in [0.25, 0.3) is 0 Å². The number of carbonyl (C=O) groups is 2. The van der Waals surface area contributed by atoms with Gasteiger partial charge in [0.2, 0.25) is 0 Å². The molecule has 0 saturated carbocycles. The number of alkyl carbamates (subject to hydrolysis) is 1. The van der Waals surface area contributed by atoms with Crippen molar-refractivity contribution in [3.05, 3.63) is 0 Å². The molecule has 6 nitrogen and oxygen atoms in total. The largest absolute Gasteiger partial charge is 0.481 e. The standard InChI is InChI=1S/C12H23NO5/c1-8(10(15)16)5-6-9(14)7-13-11(17)18-12(2,3)4/h8-9,14H,5-7H2,1-4H3,(H,13,17)(H,15,16)/t8-,9+/m0/s1. The van der Waals surface area contributed by atoms with Crippen molar-refractivity contribution in [3.8, 4) is 0 Å². The van der Waals surface area contributed by atoms with Crippen LogP contribution in [0, 0.1) is 5.92 Å². The van der Waals surface area contributed by atoms with Crippen LogP contribution in [-0.4, -0.2) is 40.5 Å². The van der Waals surface area contributed by atoms with E-state index >= 15 is 0 Å². The molecule has 0 unspecified atom stereocenters. The summed E-state index contributed by atoms with van der Waals surface area (Å²) < 4.78 is 5.00. The van der Waals surface area contributed by atoms with Gasteiger partial charge in [-0.25, -0.2) is 4.79 Å². The lowest BCUT2D eigenvalue weighted by Gasteiger charge is -2.20. The van der Waals surface area contributed by atoms with Crippen molar-refractivity contribution in [3.63, 3.8) is 0 Å². The fourth-order valence-corrected chi connectivity index (χ4v) is 1.18. The Hall–Kier alpha value is -1.30. The molecule has 6 heteroatoms. The third-order valence-electron chi connectivity index (χ3n) is 2.24. The van der Waals surface area contributed by atoms with Gasteiger partial charge in [0.25, 0.3) is 0 Å². The molecule has 0 saturated heterocycles. The van der Waals surface area contributed by atoms with Crippen molar-refractivity contribution in [1.29, 1.82) is 0 Å². The number of nitrogens with one attached hydrogen (secondary N) is 1. The molecule has 0 aliphatic carbocycles. The van der Waals surface area contributed by atoms with Gasteiger partial charge in [0.15, 0.2) is 0 Å². The molecule has 0 heterocycles. The second-order valence-electron chi connectivity index (χ2n) is 5.35. The van der Waals surface area contributed by atoms with E-state index in [9.17, 15) is 14.7 Å². The highest BCUT2D eigenvalue weighted by molar-refractivity contribution is 5.69. The van der Waals surface area contributed by atoms with Gasteiger partial charge in [-0.2, -0.15) is 0 Å². The van der Waals surface area contributed by atoms with Crippen LogP contribution in [0.15, 0.2) is 0 Å². The van der Waals surface area contributed by atoms with Gasteiger partial charge in [-0.1, -0.05) is 6.92 Å². The Kier molecular flexibility index (Phi) is 6.68. The number of hydrogen-bond acceptors (Lipinski definition) is 4. The molecule has 2 atom stereocenters. The zero-order chi connectivity index (χ0) is 14.3. The van der Waals surface area contributed by atoms with Crippen molar-refractivity contribution in [1.82, 2.24) is 5.32 Å². The Morgan fingerprint density at radius 2 is 1.83 bits per heavy atom. The molecule has 0 radical (unpaired) electrons. The highest BCUT2D eigenvalue weighted by Crippen LogP contribution is 2.09. The molecular weight excluding hydrogens is 238 g/mol. The Morgan fingerprint density at radius 3 is 2.28 bits per heavy atom. The summed E-state index contributed by atoms with van der Waals surface area (Å²) in [5.41, 5.74) is -0.577. The number of ether oxygens (including phenoxy) is 1. The molecule has 0 fully saturated rings. The molecule has 0 aliphatic rings. The molecule has 0 bridgehead atoms. The maximum Gasteiger partial charge on any atom is 0.407 e. The third-order valence-corrected chi connectivity index (χ3v) is 2.24. The summed E-state index contributed by atoms with van der Waals surface area (Å²) in [7, 11) is 0. The number of carbonyl (C=O) groups excluding carboxylic acids is 1. The van der Waals surface area contributed by atoms with Crippen molar-refractivity contribution in [2.45, 2.75) is 52.2 Å². The minimum Gasteiger partial charge on any atom is -0.481 e. The molecule has 18 heavy (non-hydrogen) atoms. The summed E-state index contributed by atoms with van der Waals surface area (Å²) in [6.45, 7) is 6.88. The van der Waals surface area contributed by atoms with Crippen LogP contribution < -0.4 is 5.32 Å². The number of amides is 1. The van der Waals surface area contributed by atoms with E-state index in [2.05, 4.69) is 5.32 Å². The molecule has 1 amide bonds. The van der Waals surface area contributed by atoms with E-state index in [1.165, 1.54) is 0 Å². The Labute approximate surface area is 107 Å². The molecule has 106 valence electrons. The zero-order valence-electron chi connectivity index (χ0n) is 11.4. The normalized spacial score (nSPS) is 14.7. The number of hydrogen-bond donors (Lipinski definition) is 3. The first-order chi connectivity index (χ1) is 8.11. The van der Waals surface area contributed by atoms with Crippen molar-refractivity contribution >= 4 is 12.1 Å². The molecular formula is C12H23NO5. The first-order valence-corrected chi connectivity index (χ1v) is 5.99. The summed E-state index contributed by atoms with van der Waals surface area (Å²) in [6.07, 6.45) is -0.664. The number of aliphatic carboxylic acids is 1. The Morgan fingerprint density at radius 1 is 1.28 bits per heavy atom. The maximum atomic E-state index is 11.3. The van der Waals surface area contributed by atoms with Crippen LogP contribution in [0.2, 0.25) is 0 Å². The van der Waals surface area contributed by atoms with Crippen molar-refractivity contribution in [2.24, 2.45) is 5.92 Å². The van der Waals surface area contributed by atoms with E-state index in [4.69, 9.17) is 9.84 Å². The number of carboxylic acids is 1. The smallest absolute Gasteiger partial charge is 0.407 e. The minimum atomic E-state index is -0.887. The third kappa shape index (κ3) is 8.81. The Bertz CT molecular complexity index is 285. The number of rotatable bonds is 6. The maximum absolute atomic E-state index is 11.3. The number of carboxylic acid groups (broad SMARTS) is 1. The predicted octanol–water partition coefficient (Wildman–Crippen LogP) is 1.37. The van der Waals surface area contributed by atoms with Crippen LogP contribution in [0.1, 0.15) is 40.5 Å². The van der Waals surface area contributed by atoms with Crippen molar-refractivity contribution in [2.75, 3.05) is 6.54 Å².